The summed E-state index contributed by atoms with van der Waals surface area (Å²) in [6, 6.07) is 12.4. The van der Waals surface area contributed by atoms with E-state index in [2.05, 4.69) is 6.58 Å². The van der Waals surface area contributed by atoms with Gasteiger partial charge in [-0.1, -0.05) is 6.58 Å². The van der Waals surface area contributed by atoms with Gasteiger partial charge in [-0.15, -0.1) is 11.8 Å². The highest BCUT2D eigenvalue weighted by Crippen LogP contribution is 2.27. The molecule has 0 radical (unpaired) electrons. The van der Waals surface area contributed by atoms with E-state index >= 15 is 0 Å². The van der Waals surface area contributed by atoms with Gasteiger partial charge in [0.25, 0.3) is 0 Å². The van der Waals surface area contributed by atoms with Crippen molar-refractivity contribution < 1.29 is 24.1 Å². The fourth-order valence-corrected chi connectivity index (χ4v) is 3.05. The Morgan fingerprint density at radius 2 is 1.85 bits per heavy atom. The molecule has 0 atom stereocenters. The summed E-state index contributed by atoms with van der Waals surface area (Å²) in [6.45, 7) is 8.41. The van der Waals surface area contributed by atoms with Gasteiger partial charge in [0.1, 0.15) is 23.9 Å². The first-order valence-electron chi connectivity index (χ1n) is 8.58. The van der Waals surface area contributed by atoms with E-state index in [-0.39, 0.29) is 18.3 Å². The number of ether oxygens (including phenoxy) is 3. The van der Waals surface area contributed by atoms with Crippen LogP contribution in [0.15, 0.2) is 59.5 Å². The standard InChI is InChI=1S/C21H24O5S/c1-4-24-21(23)13-26-20-10-9-19(11-16(20)3)27-14-15(2)12-25-18-7-5-17(22)6-8-18/h5-11,22H,2,4,12-14H2,1,3H3. The van der Waals surface area contributed by atoms with E-state index < -0.39 is 0 Å². The van der Waals surface area contributed by atoms with Crippen molar-refractivity contribution in [2.75, 3.05) is 25.6 Å². The molecule has 0 heterocycles. The first-order valence-corrected chi connectivity index (χ1v) is 9.57. The Hall–Kier alpha value is -2.60. The highest BCUT2D eigenvalue weighted by atomic mass is 32.2. The van der Waals surface area contributed by atoms with Gasteiger partial charge in [0.05, 0.1) is 6.61 Å². The lowest BCUT2D eigenvalue weighted by molar-refractivity contribution is -0.145. The van der Waals surface area contributed by atoms with Crippen LogP contribution in [0.25, 0.3) is 0 Å². The summed E-state index contributed by atoms with van der Waals surface area (Å²) in [6.07, 6.45) is 0. The summed E-state index contributed by atoms with van der Waals surface area (Å²) in [4.78, 5) is 12.5. The van der Waals surface area contributed by atoms with Crippen LogP contribution in [0.1, 0.15) is 12.5 Å². The van der Waals surface area contributed by atoms with Gasteiger partial charge >= 0.3 is 5.97 Å². The van der Waals surface area contributed by atoms with Crippen molar-refractivity contribution in [3.05, 3.63) is 60.2 Å². The highest BCUT2D eigenvalue weighted by molar-refractivity contribution is 7.99. The summed E-state index contributed by atoms with van der Waals surface area (Å²) in [5.74, 6) is 1.92. The lowest BCUT2D eigenvalue weighted by atomic mass is 10.2. The number of hydrogen-bond donors (Lipinski definition) is 1. The Bertz CT molecular complexity index is 771. The number of carbonyl (C=O) groups excluding carboxylic acids is 1. The minimum Gasteiger partial charge on any atom is -0.508 e. The summed E-state index contributed by atoms with van der Waals surface area (Å²) in [7, 11) is 0. The Kier molecular flexibility index (Phi) is 8.07. The van der Waals surface area contributed by atoms with Crippen molar-refractivity contribution in [3.8, 4) is 17.2 Å². The van der Waals surface area contributed by atoms with Gasteiger partial charge in [0, 0.05) is 10.6 Å². The third kappa shape index (κ3) is 7.27. The van der Waals surface area contributed by atoms with E-state index in [1.54, 1.807) is 43.0 Å². The molecule has 27 heavy (non-hydrogen) atoms. The van der Waals surface area contributed by atoms with E-state index in [9.17, 15) is 9.90 Å². The zero-order valence-corrected chi connectivity index (χ0v) is 16.4. The second-order valence-corrected chi connectivity index (χ2v) is 6.89. The molecule has 0 fully saturated rings. The average molecular weight is 388 g/mol. The number of thioether (sulfide) groups is 1. The van der Waals surface area contributed by atoms with Gasteiger partial charge in [0.15, 0.2) is 6.61 Å². The van der Waals surface area contributed by atoms with Crippen molar-refractivity contribution in [2.24, 2.45) is 0 Å². The number of aromatic hydroxyl groups is 1. The van der Waals surface area contributed by atoms with Gasteiger partial charge < -0.3 is 19.3 Å². The molecule has 2 rings (SSSR count). The van der Waals surface area contributed by atoms with Crippen LogP contribution in [0.3, 0.4) is 0 Å². The van der Waals surface area contributed by atoms with Gasteiger partial charge in [0.2, 0.25) is 0 Å². The molecule has 0 amide bonds. The predicted octanol–water partition coefficient (Wildman–Crippen LogP) is 4.37. The van der Waals surface area contributed by atoms with E-state index in [4.69, 9.17) is 14.2 Å². The quantitative estimate of drug-likeness (QED) is 0.370. The number of phenolic OH excluding ortho intramolecular Hbond substituents is 1. The van der Waals surface area contributed by atoms with Crippen LogP contribution < -0.4 is 9.47 Å². The summed E-state index contributed by atoms with van der Waals surface area (Å²) < 4.78 is 16.0. The molecule has 0 aliphatic heterocycles. The fraction of sp³-hybridized carbons (Fsp3) is 0.286. The van der Waals surface area contributed by atoms with Crippen molar-refractivity contribution in [3.63, 3.8) is 0 Å². The van der Waals surface area contributed by atoms with Gasteiger partial charge in [-0.2, -0.15) is 0 Å². The lowest BCUT2D eigenvalue weighted by Crippen LogP contribution is -2.14. The lowest BCUT2D eigenvalue weighted by Gasteiger charge is -2.11. The third-order valence-corrected chi connectivity index (χ3v) is 4.66. The highest BCUT2D eigenvalue weighted by Gasteiger charge is 2.07. The second kappa shape index (κ2) is 10.5. The smallest absolute Gasteiger partial charge is 0.344 e. The fourth-order valence-electron chi connectivity index (χ4n) is 2.17. The number of aryl methyl sites for hydroxylation is 1. The van der Waals surface area contributed by atoms with Crippen molar-refractivity contribution in [2.45, 2.75) is 18.7 Å². The molecule has 0 saturated heterocycles. The number of esters is 1. The van der Waals surface area contributed by atoms with Crippen LogP contribution >= 0.6 is 11.8 Å². The second-order valence-electron chi connectivity index (χ2n) is 5.84. The maximum atomic E-state index is 11.4. The molecule has 6 heteroatoms. The largest absolute Gasteiger partial charge is 0.508 e. The van der Waals surface area contributed by atoms with Crippen LogP contribution in [0, 0.1) is 6.92 Å². The minimum atomic E-state index is -0.375. The third-order valence-electron chi connectivity index (χ3n) is 3.52. The topological polar surface area (TPSA) is 65.0 Å². The summed E-state index contributed by atoms with van der Waals surface area (Å²) in [5, 5.41) is 9.26. The molecule has 144 valence electrons. The number of rotatable bonds is 10. The number of benzene rings is 2. The SMILES string of the molecule is C=C(COc1ccc(O)cc1)CSc1ccc(OCC(=O)OCC)c(C)c1. The van der Waals surface area contributed by atoms with Crippen LogP contribution in [-0.4, -0.2) is 36.6 Å². The molecule has 2 aromatic carbocycles. The Labute approximate surface area is 164 Å². The molecule has 2 aromatic rings. The maximum absolute atomic E-state index is 11.4. The molecule has 0 aromatic heterocycles. The summed E-state index contributed by atoms with van der Waals surface area (Å²) in [5.41, 5.74) is 1.91. The van der Waals surface area contributed by atoms with Crippen LogP contribution in [0.5, 0.6) is 17.2 Å². The molecule has 0 bridgehead atoms. The van der Waals surface area contributed by atoms with Crippen molar-refractivity contribution in [1.29, 1.82) is 0 Å². The molecule has 0 aliphatic carbocycles. The molecular formula is C21H24O5S. The molecule has 0 spiro atoms. The van der Waals surface area contributed by atoms with E-state index in [1.165, 1.54) is 0 Å². The number of phenols is 1. The van der Waals surface area contributed by atoms with Crippen LogP contribution in [-0.2, 0) is 9.53 Å². The predicted molar refractivity (Wildman–Crippen MR) is 107 cm³/mol. The molecule has 0 aliphatic rings. The Morgan fingerprint density at radius 3 is 2.52 bits per heavy atom. The van der Waals surface area contributed by atoms with E-state index in [0.717, 1.165) is 21.8 Å². The van der Waals surface area contributed by atoms with Crippen LogP contribution in [0.2, 0.25) is 0 Å². The van der Waals surface area contributed by atoms with Gasteiger partial charge in [-0.3, -0.25) is 0 Å². The Balaban J connectivity index is 1.78. The molecule has 0 saturated carbocycles. The molecule has 5 nitrogen and oxygen atoms in total. The number of carbonyl (C=O) groups is 1. The average Bonchev–Trinajstić information content (AvgIpc) is 2.65. The van der Waals surface area contributed by atoms with Gasteiger partial charge in [-0.25, -0.2) is 4.79 Å². The molecular weight excluding hydrogens is 364 g/mol. The van der Waals surface area contributed by atoms with Crippen molar-refractivity contribution in [1.82, 2.24) is 0 Å². The van der Waals surface area contributed by atoms with E-state index in [0.29, 0.717) is 24.7 Å². The summed E-state index contributed by atoms with van der Waals surface area (Å²) >= 11 is 1.65. The Morgan fingerprint density at radius 1 is 1.11 bits per heavy atom. The zero-order chi connectivity index (χ0) is 19.6. The molecule has 1 N–H and O–H groups in total. The van der Waals surface area contributed by atoms with Gasteiger partial charge in [-0.05, 0) is 67.4 Å². The first-order chi connectivity index (χ1) is 13.0. The van der Waals surface area contributed by atoms with E-state index in [1.807, 2.05) is 25.1 Å². The zero-order valence-electron chi connectivity index (χ0n) is 15.6. The first kappa shape index (κ1) is 20.7. The van der Waals surface area contributed by atoms with Crippen molar-refractivity contribution >= 4 is 17.7 Å². The number of hydrogen-bond acceptors (Lipinski definition) is 6. The minimum absolute atomic E-state index is 0.0907. The van der Waals surface area contributed by atoms with Crippen LogP contribution in [0.4, 0.5) is 0 Å². The normalized spacial score (nSPS) is 10.3. The molecule has 0 unspecified atom stereocenters. The monoisotopic (exact) mass is 388 g/mol. The maximum Gasteiger partial charge on any atom is 0.344 e.